The first-order valence-corrected chi connectivity index (χ1v) is 4.91. The van der Waals surface area contributed by atoms with E-state index < -0.39 is 0 Å². The Morgan fingerprint density at radius 3 is 3.00 bits per heavy atom. The van der Waals surface area contributed by atoms with E-state index >= 15 is 0 Å². The van der Waals surface area contributed by atoms with Gasteiger partial charge in [0.25, 0.3) is 0 Å². The summed E-state index contributed by atoms with van der Waals surface area (Å²) >= 11 is 5.95. The van der Waals surface area contributed by atoms with Crippen LogP contribution in [0.3, 0.4) is 0 Å². The zero-order valence-electron chi connectivity index (χ0n) is 8.00. The first kappa shape index (κ1) is 9.49. The van der Waals surface area contributed by atoms with Gasteiger partial charge < -0.3 is 5.73 Å². The van der Waals surface area contributed by atoms with Crippen molar-refractivity contribution in [1.82, 2.24) is 9.78 Å². The fourth-order valence-corrected chi connectivity index (χ4v) is 1.85. The second-order valence-corrected chi connectivity index (χ2v) is 3.66. The lowest BCUT2D eigenvalue weighted by Gasteiger charge is -1.99. The van der Waals surface area contributed by atoms with E-state index in [4.69, 9.17) is 17.3 Å². The molecule has 0 aliphatic heterocycles. The van der Waals surface area contributed by atoms with Gasteiger partial charge in [-0.2, -0.15) is 5.10 Å². The quantitative estimate of drug-likeness (QED) is 0.819. The lowest BCUT2D eigenvalue weighted by Crippen LogP contribution is -2.02. The van der Waals surface area contributed by atoms with E-state index in [0.29, 0.717) is 11.7 Å². The number of aromatic nitrogens is 2. The maximum absolute atomic E-state index is 5.95. The van der Waals surface area contributed by atoms with Crippen molar-refractivity contribution < 1.29 is 0 Å². The van der Waals surface area contributed by atoms with Gasteiger partial charge in [-0.15, -0.1) is 0 Å². The van der Waals surface area contributed by atoms with Gasteiger partial charge in [0.1, 0.15) is 0 Å². The minimum Gasteiger partial charge on any atom is -0.330 e. The van der Waals surface area contributed by atoms with Crippen LogP contribution in [-0.2, 0) is 13.5 Å². The van der Waals surface area contributed by atoms with Crippen molar-refractivity contribution in [2.45, 2.75) is 6.42 Å². The predicted molar refractivity (Wildman–Crippen MR) is 58.5 cm³/mol. The van der Waals surface area contributed by atoms with Gasteiger partial charge in [-0.05, 0) is 30.7 Å². The van der Waals surface area contributed by atoms with Gasteiger partial charge >= 0.3 is 0 Å². The molecule has 1 aromatic carbocycles. The second kappa shape index (κ2) is 3.59. The molecule has 2 aromatic rings. The normalized spacial score (nSPS) is 11.1. The summed E-state index contributed by atoms with van der Waals surface area (Å²) in [6, 6.07) is 6.12. The molecule has 2 rings (SSSR count). The van der Waals surface area contributed by atoms with E-state index in [2.05, 4.69) is 11.2 Å². The van der Waals surface area contributed by atoms with Crippen LogP contribution in [0.2, 0.25) is 5.15 Å². The molecule has 0 amide bonds. The third-order valence-corrected chi connectivity index (χ3v) is 2.58. The third-order valence-electron chi connectivity index (χ3n) is 2.30. The second-order valence-electron chi connectivity index (χ2n) is 3.30. The summed E-state index contributed by atoms with van der Waals surface area (Å²) in [5, 5.41) is 5.69. The molecule has 0 fully saturated rings. The van der Waals surface area contributed by atoms with Gasteiger partial charge in [0.2, 0.25) is 0 Å². The Balaban J connectivity index is 2.59. The Morgan fingerprint density at radius 2 is 2.29 bits per heavy atom. The molecule has 0 spiro atoms. The zero-order chi connectivity index (χ0) is 10.1. The summed E-state index contributed by atoms with van der Waals surface area (Å²) in [6.45, 7) is 0.664. The first-order chi connectivity index (χ1) is 6.72. The number of fused-ring (bicyclic) bond motifs is 1. The van der Waals surface area contributed by atoms with Crippen LogP contribution < -0.4 is 5.73 Å². The lowest BCUT2D eigenvalue weighted by atomic mass is 10.1. The zero-order valence-corrected chi connectivity index (χ0v) is 8.75. The summed E-state index contributed by atoms with van der Waals surface area (Å²) in [5.41, 5.74) is 7.78. The molecule has 0 radical (unpaired) electrons. The van der Waals surface area contributed by atoms with Crippen LogP contribution in [0.4, 0.5) is 0 Å². The van der Waals surface area contributed by atoms with Gasteiger partial charge in [0, 0.05) is 12.4 Å². The van der Waals surface area contributed by atoms with E-state index in [9.17, 15) is 0 Å². The molecule has 2 N–H and O–H groups in total. The summed E-state index contributed by atoms with van der Waals surface area (Å²) in [5.74, 6) is 0. The Bertz CT molecular complexity index is 462. The highest BCUT2D eigenvalue weighted by molar-refractivity contribution is 6.34. The maximum Gasteiger partial charge on any atom is 0.158 e. The van der Waals surface area contributed by atoms with E-state index in [1.807, 2.05) is 19.2 Å². The van der Waals surface area contributed by atoms with Gasteiger partial charge in [-0.1, -0.05) is 17.7 Å². The molecule has 74 valence electrons. The SMILES string of the molecule is Cn1nc(Cl)c2ccc(CCN)cc21. The third kappa shape index (κ3) is 1.49. The van der Waals surface area contributed by atoms with Crippen LogP contribution in [0.5, 0.6) is 0 Å². The van der Waals surface area contributed by atoms with Crippen LogP contribution in [-0.4, -0.2) is 16.3 Å². The average Bonchev–Trinajstić information content (AvgIpc) is 2.43. The van der Waals surface area contributed by atoms with Crippen LogP contribution in [0.1, 0.15) is 5.56 Å². The molecule has 0 unspecified atom stereocenters. The van der Waals surface area contributed by atoms with E-state index in [1.54, 1.807) is 4.68 Å². The van der Waals surface area contributed by atoms with Gasteiger partial charge in [0.15, 0.2) is 5.15 Å². The number of nitrogens with zero attached hydrogens (tertiary/aromatic N) is 2. The Hall–Kier alpha value is -1.06. The molecule has 4 heteroatoms. The van der Waals surface area contributed by atoms with E-state index in [0.717, 1.165) is 17.3 Å². The number of nitrogens with two attached hydrogens (primary N) is 1. The largest absolute Gasteiger partial charge is 0.330 e. The molecule has 14 heavy (non-hydrogen) atoms. The number of benzene rings is 1. The van der Waals surface area contributed by atoms with Crippen molar-refractivity contribution in [2.75, 3.05) is 6.54 Å². The molecular formula is C10H12ClN3. The Morgan fingerprint density at radius 1 is 1.50 bits per heavy atom. The Labute approximate surface area is 87.5 Å². The minimum atomic E-state index is 0.557. The number of rotatable bonds is 2. The summed E-state index contributed by atoms with van der Waals surface area (Å²) < 4.78 is 1.79. The summed E-state index contributed by atoms with van der Waals surface area (Å²) in [4.78, 5) is 0. The predicted octanol–water partition coefficient (Wildman–Crippen LogP) is 1.73. The van der Waals surface area contributed by atoms with Crippen molar-refractivity contribution in [1.29, 1.82) is 0 Å². The minimum absolute atomic E-state index is 0.557. The molecule has 3 nitrogen and oxygen atoms in total. The molecule has 0 bridgehead atoms. The van der Waals surface area contributed by atoms with Crippen molar-refractivity contribution in [2.24, 2.45) is 12.8 Å². The van der Waals surface area contributed by atoms with Crippen molar-refractivity contribution in [3.63, 3.8) is 0 Å². The number of aryl methyl sites for hydroxylation is 1. The average molecular weight is 210 g/mol. The smallest absolute Gasteiger partial charge is 0.158 e. The first-order valence-electron chi connectivity index (χ1n) is 4.53. The molecular weight excluding hydrogens is 198 g/mol. The molecule has 1 heterocycles. The monoisotopic (exact) mass is 209 g/mol. The van der Waals surface area contributed by atoms with Crippen LogP contribution in [0.15, 0.2) is 18.2 Å². The number of halogens is 1. The Kier molecular flexibility index (Phi) is 2.44. The molecule has 0 saturated carbocycles. The molecule has 0 aliphatic carbocycles. The highest BCUT2D eigenvalue weighted by Gasteiger charge is 2.06. The van der Waals surface area contributed by atoms with E-state index in [1.165, 1.54) is 5.56 Å². The standard InChI is InChI=1S/C10H12ClN3/c1-14-9-6-7(4-5-12)2-3-8(9)10(11)13-14/h2-3,6H,4-5,12H2,1H3. The van der Waals surface area contributed by atoms with Gasteiger partial charge in [-0.25, -0.2) is 0 Å². The number of hydrogen-bond acceptors (Lipinski definition) is 2. The highest BCUT2D eigenvalue weighted by Crippen LogP contribution is 2.23. The topological polar surface area (TPSA) is 43.8 Å². The maximum atomic E-state index is 5.95. The lowest BCUT2D eigenvalue weighted by molar-refractivity contribution is 0.796. The van der Waals surface area contributed by atoms with Crippen molar-refractivity contribution in [3.05, 3.63) is 28.9 Å². The summed E-state index contributed by atoms with van der Waals surface area (Å²) in [7, 11) is 1.89. The van der Waals surface area contributed by atoms with Crippen LogP contribution >= 0.6 is 11.6 Å². The van der Waals surface area contributed by atoms with Crippen LogP contribution in [0, 0.1) is 0 Å². The van der Waals surface area contributed by atoms with Crippen LogP contribution in [0.25, 0.3) is 10.9 Å². The molecule has 0 atom stereocenters. The number of hydrogen-bond donors (Lipinski definition) is 1. The van der Waals surface area contributed by atoms with Gasteiger partial charge in [0.05, 0.1) is 5.52 Å². The molecule has 0 saturated heterocycles. The van der Waals surface area contributed by atoms with Crippen molar-refractivity contribution >= 4 is 22.5 Å². The highest BCUT2D eigenvalue weighted by atomic mass is 35.5. The fraction of sp³-hybridized carbons (Fsp3) is 0.300. The fourth-order valence-electron chi connectivity index (χ4n) is 1.58. The van der Waals surface area contributed by atoms with Crippen molar-refractivity contribution in [3.8, 4) is 0 Å². The van der Waals surface area contributed by atoms with E-state index in [-0.39, 0.29) is 0 Å². The summed E-state index contributed by atoms with van der Waals surface area (Å²) in [6.07, 6.45) is 0.888. The molecule has 1 aromatic heterocycles. The molecule has 0 aliphatic rings. The van der Waals surface area contributed by atoms with Gasteiger partial charge in [-0.3, -0.25) is 4.68 Å².